The van der Waals surface area contributed by atoms with E-state index in [2.05, 4.69) is 25.4 Å². The number of amides is 3. The molecule has 34 heavy (non-hydrogen) atoms. The molecule has 4 rings (SSSR count). The van der Waals surface area contributed by atoms with Gasteiger partial charge in [-0.05, 0) is 30.2 Å². The van der Waals surface area contributed by atoms with Crippen molar-refractivity contribution in [2.45, 2.75) is 25.8 Å². The number of carbonyl (C=O) groups excluding carboxylic acids is 3. The maximum absolute atomic E-state index is 13.2. The maximum Gasteiger partial charge on any atom is 0.243 e. The number of carbonyl (C=O) groups is 3. The van der Waals surface area contributed by atoms with Crippen molar-refractivity contribution in [3.05, 3.63) is 54.2 Å². The fraction of sp³-hybridized carbons (Fsp3) is 0.440. The van der Waals surface area contributed by atoms with E-state index in [4.69, 9.17) is 0 Å². The molecule has 0 bridgehead atoms. The smallest absolute Gasteiger partial charge is 0.243 e. The fourth-order valence-corrected chi connectivity index (χ4v) is 4.50. The van der Waals surface area contributed by atoms with Crippen LogP contribution in [0.5, 0.6) is 0 Å². The number of piperazine rings is 2. The van der Waals surface area contributed by atoms with Gasteiger partial charge in [0.25, 0.3) is 0 Å². The number of hydrogen-bond acceptors (Lipinski definition) is 6. The number of nitrogens with one attached hydrogen (secondary N) is 2. The van der Waals surface area contributed by atoms with Crippen molar-refractivity contribution in [3.63, 3.8) is 0 Å². The van der Waals surface area contributed by atoms with E-state index in [1.165, 1.54) is 0 Å². The summed E-state index contributed by atoms with van der Waals surface area (Å²) < 4.78 is 0. The monoisotopic (exact) mass is 464 g/mol. The van der Waals surface area contributed by atoms with Gasteiger partial charge in [-0.25, -0.2) is 4.98 Å². The summed E-state index contributed by atoms with van der Waals surface area (Å²) in [5.41, 5.74) is 1.77. The summed E-state index contributed by atoms with van der Waals surface area (Å²) in [5, 5.41) is 5.71. The number of aromatic nitrogens is 1. The van der Waals surface area contributed by atoms with Crippen LogP contribution in [-0.2, 0) is 20.8 Å². The van der Waals surface area contributed by atoms with Crippen LogP contribution >= 0.6 is 0 Å². The molecule has 0 unspecified atom stereocenters. The predicted molar refractivity (Wildman–Crippen MR) is 130 cm³/mol. The average molecular weight is 465 g/mol. The minimum atomic E-state index is -0.801. The second kappa shape index (κ2) is 11.1. The fourth-order valence-electron chi connectivity index (χ4n) is 4.50. The van der Waals surface area contributed by atoms with Crippen molar-refractivity contribution >= 4 is 29.2 Å². The molecule has 2 aliphatic heterocycles. The molecule has 1 aromatic heterocycles. The van der Waals surface area contributed by atoms with E-state index in [1.807, 2.05) is 49.4 Å². The highest BCUT2D eigenvalue weighted by Gasteiger charge is 2.35. The number of hydrogen-bond donors (Lipinski definition) is 2. The standard InChI is InChI=1S/C25H32N6O3/c1-2-19-7-3-4-8-20(19)28-23(32)17-21-25(34)27-11-12-31(21)24(33)18-29-13-15-30(16-14-29)22-9-5-6-10-26-22/h3-10,21H,2,11-18H2,1H3,(H,27,34)(H,28,32)/t21-/m0/s1. The van der Waals surface area contributed by atoms with Crippen molar-refractivity contribution in [3.8, 4) is 0 Å². The van der Waals surface area contributed by atoms with E-state index >= 15 is 0 Å². The van der Waals surface area contributed by atoms with E-state index in [1.54, 1.807) is 11.1 Å². The minimum absolute atomic E-state index is 0.0664. The Hall–Kier alpha value is -3.46. The van der Waals surface area contributed by atoms with Crippen LogP contribution in [0.4, 0.5) is 11.5 Å². The van der Waals surface area contributed by atoms with Gasteiger partial charge in [0, 0.05) is 51.2 Å². The molecule has 2 fully saturated rings. The third-order valence-electron chi connectivity index (χ3n) is 6.41. The Bertz CT molecular complexity index is 1010. The van der Waals surface area contributed by atoms with Gasteiger partial charge in [-0.3, -0.25) is 19.3 Å². The highest BCUT2D eigenvalue weighted by Crippen LogP contribution is 2.18. The quantitative estimate of drug-likeness (QED) is 0.638. The van der Waals surface area contributed by atoms with Gasteiger partial charge >= 0.3 is 0 Å². The highest BCUT2D eigenvalue weighted by atomic mass is 16.2. The Morgan fingerprint density at radius 1 is 1.06 bits per heavy atom. The summed E-state index contributed by atoms with van der Waals surface area (Å²) in [4.78, 5) is 48.8. The first-order valence-electron chi connectivity index (χ1n) is 11.9. The SMILES string of the molecule is CCc1ccccc1NC(=O)C[C@H]1C(=O)NCCN1C(=O)CN1CCN(c2ccccn2)CC1. The third kappa shape index (κ3) is 5.72. The second-order valence-electron chi connectivity index (χ2n) is 8.61. The zero-order valence-corrected chi connectivity index (χ0v) is 19.6. The van der Waals surface area contributed by atoms with Crippen molar-refractivity contribution in [1.82, 2.24) is 20.1 Å². The first-order valence-corrected chi connectivity index (χ1v) is 11.9. The van der Waals surface area contributed by atoms with E-state index < -0.39 is 6.04 Å². The zero-order valence-electron chi connectivity index (χ0n) is 19.6. The Kier molecular flexibility index (Phi) is 7.74. The van der Waals surface area contributed by atoms with Gasteiger partial charge in [0.15, 0.2) is 0 Å². The molecule has 0 radical (unpaired) electrons. The molecular formula is C25H32N6O3. The highest BCUT2D eigenvalue weighted by molar-refractivity contribution is 5.98. The lowest BCUT2D eigenvalue weighted by Gasteiger charge is -2.38. The van der Waals surface area contributed by atoms with Gasteiger partial charge in [-0.1, -0.05) is 31.2 Å². The Labute approximate surface area is 200 Å². The van der Waals surface area contributed by atoms with Crippen molar-refractivity contribution < 1.29 is 14.4 Å². The summed E-state index contributed by atoms with van der Waals surface area (Å²) in [5.74, 6) is 0.271. The largest absolute Gasteiger partial charge is 0.354 e. The second-order valence-corrected chi connectivity index (χ2v) is 8.61. The van der Waals surface area contributed by atoms with Gasteiger partial charge in [0.05, 0.1) is 13.0 Å². The van der Waals surface area contributed by atoms with E-state index in [-0.39, 0.29) is 30.7 Å². The first-order chi connectivity index (χ1) is 16.5. The number of benzene rings is 1. The van der Waals surface area contributed by atoms with E-state index in [0.29, 0.717) is 13.1 Å². The van der Waals surface area contributed by atoms with Crippen molar-refractivity contribution in [1.29, 1.82) is 0 Å². The summed E-state index contributed by atoms with van der Waals surface area (Å²) >= 11 is 0. The minimum Gasteiger partial charge on any atom is -0.354 e. The van der Waals surface area contributed by atoms with Crippen LogP contribution < -0.4 is 15.5 Å². The third-order valence-corrected chi connectivity index (χ3v) is 6.41. The molecule has 1 atom stereocenters. The van der Waals surface area contributed by atoms with Crippen molar-refractivity contribution in [2.24, 2.45) is 0 Å². The van der Waals surface area contributed by atoms with E-state index in [9.17, 15) is 14.4 Å². The average Bonchev–Trinajstić information content (AvgIpc) is 2.86. The Balaban J connectivity index is 1.34. The molecule has 0 aliphatic carbocycles. The lowest BCUT2D eigenvalue weighted by molar-refractivity contribution is -0.145. The van der Waals surface area contributed by atoms with Gasteiger partial charge in [0.1, 0.15) is 11.9 Å². The molecule has 180 valence electrons. The van der Waals surface area contributed by atoms with Gasteiger partial charge < -0.3 is 20.4 Å². The molecular weight excluding hydrogens is 432 g/mol. The number of nitrogens with zero attached hydrogens (tertiary/aromatic N) is 4. The van der Waals surface area contributed by atoms with Crippen LogP contribution in [0.2, 0.25) is 0 Å². The number of para-hydroxylation sites is 1. The van der Waals surface area contributed by atoms with Crippen LogP contribution in [0.3, 0.4) is 0 Å². The molecule has 3 amide bonds. The predicted octanol–water partition coefficient (Wildman–Crippen LogP) is 1.12. The Morgan fingerprint density at radius 3 is 2.56 bits per heavy atom. The lowest BCUT2D eigenvalue weighted by atomic mass is 10.1. The summed E-state index contributed by atoms with van der Waals surface area (Å²) in [6.07, 6.45) is 2.51. The molecule has 2 aliphatic rings. The molecule has 2 saturated heterocycles. The van der Waals surface area contributed by atoms with Gasteiger partial charge in [-0.15, -0.1) is 0 Å². The molecule has 3 heterocycles. The molecule has 0 saturated carbocycles. The topological polar surface area (TPSA) is 97.9 Å². The molecule has 9 nitrogen and oxygen atoms in total. The van der Waals surface area contributed by atoms with Crippen molar-refractivity contribution in [2.75, 3.05) is 56.0 Å². The molecule has 9 heteroatoms. The number of anilines is 2. The zero-order chi connectivity index (χ0) is 23.9. The lowest BCUT2D eigenvalue weighted by Crippen LogP contribution is -2.60. The summed E-state index contributed by atoms with van der Waals surface area (Å²) in [6.45, 7) is 6.11. The Morgan fingerprint density at radius 2 is 1.82 bits per heavy atom. The molecule has 0 spiro atoms. The molecule has 2 aromatic rings. The first kappa shape index (κ1) is 23.7. The number of pyridine rings is 1. The van der Waals surface area contributed by atoms with Crippen LogP contribution in [0.1, 0.15) is 18.9 Å². The molecule has 1 aromatic carbocycles. The summed E-state index contributed by atoms with van der Waals surface area (Å²) in [6, 6.07) is 12.7. The van der Waals surface area contributed by atoms with Gasteiger partial charge in [0.2, 0.25) is 17.7 Å². The maximum atomic E-state index is 13.2. The van der Waals surface area contributed by atoms with Crippen LogP contribution in [0, 0.1) is 0 Å². The normalized spacial score (nSPS) is 19.0. The van der Waals surface area contributed by atoms with E-state index in [0.717, 1.165) is 49.7 Å². The molecule has 2 N–H and O–H groups in total. The number of rotatable bonds is 7. The van der Waals surface area contributed by atoms with Crippen LogP contribution in [0.25, 0.3) is 0 Å². The summed E-state index contributed by atoms with van der Waals surface area (Å²) in [7, 11) is 0. The van der Waals surface area contributed by atoms with Crippen LogP contribution in [-0.4, -0.2) is 84.4 Å². The number of aryl methyl sites for hydroxylation is 1. The van der Waals surface area contributed by atoms with Crippen LogP contribution in [0.15, 0.2) is 48.7 Å². The van der Waals surface area contributed by atoms with Gasteiger partial charge in [-0.2, -0.15) is 0 Å².